The topological polar surface area (TPSA) is 28.4 Å². The van der Waals surface area contributed by atoms with Crippen LogP contribution in [0.5, 0.6) is 0 Å². The smallest absolute Gasteiger partial charge is 0.105 e. The lowest BCUT2D eigenvalue weighted by Crippen LogP contribution is -2.48. The van der Waals surface area contributed by atoms with E-state index in [1.165, 1.54) is 13.0 Å². The molecule has 3 heteroatoms. The van der Waals surface area contributed by atoms with Crippen molar-refractivity contribution >= 4 is 0 Å². The second kappa shape index (κ2) is 6.10. The van der Waals surface area contributed by atoms with Gasteiger partial charge in [0.05, 0.1) is 6.26 Å². The standard InChI is InChI=1S/C16H28N2O/c1-13(11-14-7-5-10-19-14)18-9-6-8-17-15(12-18)16(2,3)4/h5,7,10,13,15,17H,6,8-9,11-12H2,1-4H3. The van der Waals surface area contributed by atoms with Crippen molar-refractivity contribution in [3.8, 4) is 0 Å². The second-order valence-corrected chi connectivity index (χ2v) is 6.85. The molecule has 2 rings (SSSR count). The van der Waals surface area contributed by atoms with Crippen LogP contribution in [0, 0.1) is 5.41 Å². The van der Waals surface area contributed by atoms with E-state index in [0.717, 1.165) is 25.3 Å². The van der Waals surface area contributed by atoms with Crippen LogP contribution in [0.1, 0.15) is 39.9 Å². The van der Waals surface area contributed by atoms with Gasteiger partial charge in [0.25, 0.3) is 0 Å². The molecule has 0 bridgehead atoms. The SMILES string of the molecule is CC(Cc1ccco1)N1CCCNC(C(C)(C)C)C1. The zero-order chi connectivity index (χ0) is 13.9. The van der Waals surface area contributed by atoms with E-state index in [1.807, 2.05) is 6.07 Å². The minimum absolute atomic E-state index is 0.312. The summed E-state index contributed by atoms with van der Waals surface area (Å²) in [5.74, 6) is 1.09. The van der Waals surface area contributed by atoms with Gasteiger partial charge in [-0.15, -0.1) is 0 Å². The molecular formula is C16H28N2O. The van der Waals surface area contributed by atoms with Crippen LogP contribution in [-0.4, -0.2) is 36.6 Å². The molecule has 0 aromatic carbocycles. The maximum Gasteiger partial charge on any atom is 0.105 e. The highest BCUT2D eigenvalue weighted by Gasteiger charge is 2.29. The van der Waals surface area contributed by atoms with E-state index in [2.05, 4.69) is 44.0 Å². The van der Waals surface area contributed by atoms with Crippen LogP contribution in [0.4, 0.5) is 0 Å². The Kier molecular flexibility index (Phi) is 4.69. The third kappa shape index (κ3) is 4.08. The third-order valence-electron chi connectivity index (χ3n) is 4.18. The largest absolute Gasteiger partial charge is 0.469 e. The van der Waals surface area contributed by atoms with Gasteiger partial charge in [0.1, 0.15) is 5.76 Å². The molecule has 1 N–H and O–H groups in total. The van der Waals surface area contributed by atoms with Crippen LogP contribution in [0.15, 0.2) is 22.8 Å². The highest BCUT2D eigenvalue weighted by molar-refractivity contribution is 5.00. The summed E-state index contributed by atoms with van der Waals surface area (Å²) in [5, 5.41) is 3.70. The molecule has 0 saturated carbocycles. The fourth-order valence-electron chi connectivity index (χ4n) is 2.78. The summed E-state index contributed by atoms with van der Waals surface area (Å²) >= 11 is 0. The highest BCUT2D eigenvalue weighted by atomic mass is 16.3. The Hall–Kier alpha value is -0.800. The number of furan rings is 1. The zero-order valence-corrected chi connectivity index (χ0v) is 12.8. The van der Waals surface area contributed by atoms with Crippen molar-refractivity contribution in [3.63, 3.8) is 0 Å². The van der Waals surface area contributed by atoms with Gasteiger partial charge < -0.3 is 9.73 Å². The van der Waals surface area contributed by atoms with Gasteiger partial charge in [-0.1, -0.05) is 20.8 Å². The monoisotopic (exact) mass is 264 g/mol. The number of nitrogens with zero attached hydrogens (tertiary/aromatic N) is 1. The van der Waals surface area contributed by atoms with Crippen LogP contribution in [0.3, 0.4) is 0 Å². The fourth-order valence-corrected chi connectivity index (χ4v) is 2.78. The predicted octanol–water partition coefficient (Wildman–Crippen LogP) is 2.92. The van der Waals surface area contributed by atoms with Gasteiger partial charge in [0.15, 0.2) is 0 Å². The Morgan fingerprint density at radius 3 is 2.89 bits per heavy atom. The molecule has 0 radical (unpaired) electrons. The summed E-state index contributed by atoms with van der Waals surface area (Å²) in [6.07, 6.45) is 4.00. The molecule has 0 spiro atoms. The van der Waals surface area contributed by atoms with E-state index in [9.17, 15) is 0 Å². The van der Waals surface area contributed by atoms with E-state index in [-0.39, 0.29) is 0 Å². The molecule has 2 heterocycles. The van der Waals surface area contributed by atoms with Crippen molar-refractivity contribution in [1.82, 2.24) is 10.2 Å². The number of hydrogen-bond acceptors (Lipinski definition) is 3. The Balaban J connectivity index is 1.97. The average Bonchev–Trinajstić information content (AvgIpc) is 2.69. The van der Waals surface area contributed by atoms with Crippen LogP contribution < -0.4 is 5.32 Å². The van der Waals surface area contributed by atoms with Crippen molar-refractivity contribution in [2.45, 2.75) is 52.6 Å². The molecule has 108 valence electrons. The molecule has 1 fully saturated rings. The van der Waals surface area contributed by atoms with Gasteiger partial charge >= 0.3 is 0 Å². The lowest BCUT2D eigenvalue weighted by Gasteiger charge is -2.36. The summed E-state index contributed by atoms with van der Waals surface area (Å²) < 4.78 is 5.48. The predicted molar refractivity (Wildman–Crippen MR) is 79.3 cm³/mol. The van der Waals surface area contributed by atoms with Crippen molar-refractivity contribution < 1.29 is 4.42 Å². The normalized spacial score (nSPS) is 24.1. The fraction of sp³-hybridized carbons (Fsp3) is 0.750. The lowest BCUT2D eigenvalue weighted by molar-refractivity contribution is 0.157. The summed E-state index contributed by atoms with van der Waals surface area (Å²) in [4.78, 5) is 2.61. The van der Waals surface area contributed by atoms with E-state index in [0.29, 0.717) is 17.5 Å². The van der Waals surface area contributed by atoms with E-state index < -0.39 is 0 Å². The first kappa shape index (κ1) is 14.6. The van der Waals surface area contributed by atoms with Crippen molar-refractivity contribution in [1.29, 1.82) is 0 Å². The summed E-state index contributed by atoms with van der Waals surface area (Å²) in [6, 6.07) is 5.16. The molecule has 1 saturated heterocycles. The number of nitrogens with one attached hydrogen (secondary N) is 1. The minimum atomic E-state index is 0.312. The van der Waals surface area contributed by atoms with Gasteiger partial charge in [0.2, 0.25) is 0 Å². The molecule has 3 nitrogen and oxygen atoms in total. The molecule has 2 unspecified atom stereocenters. The first-order chi connectivity index (χ1) is 8.97. The van der Waals surface area contributed by atoms with E-state index >= 15 is 0 Å². The molecule has 2 atom stereocenters. The molecule has 1 aromatic heterocycles. The van der Waals surface area contributed by atoms with Crippen LogP contribution >= 0.6 is 0 Å². The molecule has 1 aromatic rings. The Bertz CT molecular complexity index is 367. The maximum atomic E-state index is 5.48. The average molecular weight is 264 g/mol. The second-order valence-electron chi connectivity index (χ2n) is 6.85. The summed E-state index contributed by atoms with van der Waals surface area (Å²) in [5.41, 5.74) is 0.312. The van der Waals surface area contributed by atoms with E-state index in [1.54, 1.807) is 6.26 Å². The minimum Gasteiger partial charge on any atom is -0.469 e. The highest BCUT2D eigenvalue weighted by Crippen LogP contribution is 2.23. The third-order valence-corrected chi connectivity index (χ3v) is 4.18. The van der Waals surface area contributed by atoms with Gasteiger partial charge in [-0.25, -0.2) is 0 Å². The molecule has 0 aliphatic carbocycles. The van der Waals surface area contributed by atoms with Gasteiger partial charge in [-0.05, 0) is 44.0 Å². The summed E-state index contributed by atoms with van der Waals surface area (Å²) in [6.45, 7) is 12.7. The number of rotatable bonds is 3. The Morgan fingerprint density at radius 1 is 1.47 bits per heavy atom. The van der Waals surface area contributed by atoms with Gasteiger partial charge in [-0.2, -0.15) is 0 Å². The van der Waals surface area contributed by atoms with Gasteiger partial charge in [-0.3, -0.25) is 4.90 Å². The van der Waals surface area contributed by atoms with Crippen LogP contribution in [0.25, 0.3) is 0 Å². The molecular weight excluding hydrogens is 236 g/mol. The Morgan fingerprint density at radius 2 is 2.26 bits per heavy atom. The number of hydrogen-bond donors (Lipinski definition) is 1. The molecule has 1 aliphatic rings. The summed E-state index contributed by atoms with van der Waals surface area (Å²) in [7, 11) is 0. The zero-order valence-electron chi connectivity index (χ0n) is 12.8. The van der Waals surface area contributed by atoms with E-state index in [4.69, 9.17) is 4.42 Å². The van der Waals surface area contributed by atoms with Gasteiger partial charge in [0, 0.05) is 25.0 Å². The Labute approximate surface area is 117 Å². The first-order valence-corrected chi connectivity index (χ1v) is 7.46. The molecule has 0 amide bonds. The molecule has 19 heavy (non-hydrogen) atoms. The van der Waals surface area contributed by atoms with Crippen molar-refractivity contribution in [2.24, 2.45) is 5.41 Å². The first-order valence-electron chi connectivity index (χ1n) is 7.46. The van der Waals surface area contributed by atoms with Crippen molar-refractivity contribution in [2.75, 3.05) is 19.6 Å². The quantitative estimate of drug-likeness (QED) is 0.910. The lowest BCUT2D eigenvalue weighted by atomic mass is 9.86. The maximum absolute atomic E-state index is 5.48. The van der Waals surface area contributed by atoms with Crippen molar-refractivity contribution in [3.05, 3.63) is 24.2 Å². The van der Waals surface area contributed by atoms with Crippen LogP contribution in [0.2, 0.25) is 0 Å². The molecule has 1 aliphatic heterocycles. The van der Waals surface area contributed by atoms with Crippen LogP contribution in [-0.2, 0) is 6.42 Å².